The van der Waals surface area contributed by atoms with E-state index in [-0.39, 0.29) is 35.6 Å². The highest BCUT2D eigenvalue weighted by Crippen LogP contribution is 2.34. The number of aromatic hydroxyl groups is 1. The zero-order chi connectivity index (χ0) is 21.3. The number of nitrogens with zero attached hydrogens (tertiary/aromatic N) is 3. The zero-order valence-electron chi connectivity index (χ0n) is 17.3. The van der Waals surface area contributed by atoms with E-state index in [9.17, 15) is 14.3 Å². The predicted molar refractivity (Wildman–Crippen MR) is 119 cm³/mol. The summed E-state index contributed by atoms with van der Waals surface area (Å²) in [5, 5.41) is 13.9. The van der Waals surface area contributed by atoms with Crippen molar-refractivity contribution in [1.82, 2.24) is 15.3 Å². The second kappa shape index (κ2) is 9.34. The number of ether oxygens (including phenoxy) is 1. The number of hydrogen-bond acceptors (Lipinski definition) is 6. The number of carbonyl (C=O) groups excluding carboxylic acids is 1. The standard InChI is InChI=1S/C22H23FN4O3.ClH/c1-3-30-22(29)24-14-9-10-27(12-14)21-15-8-7-13(2)11-17(15)25-20(26-21)19-16(23)5-4-6-18(19)28;/h4-8,11,14,28H,3,9-10,12H2,1-2H3,(H,24,29);1H/t14-;/m1./s1. The summed E-state index contributed by atoms with van der Waals surface area (Å²) in [5.41, 5.74) is 1.65. The largest absolute Gasteiger partial charge is 0.507 e. The van der Waals surface area contributed by atoms with Crippen molar-refractivity contribution in [2.45, 2.75) is 26.3 Å². The first kappa shape index (κ1) is 22.6. The fourth-order valence-corrected chi connectivity index (χ4v) is 3.72. The molecule has 2 heterocycles. The first-order chi connectivity index (χ1) is 14.5. The Kier molecular flexibility index (Phi) is 6.80. The van der Waals surface area contributed by atoms with Gasteiger partial charge in [0, 0.05) is 18.5 Å². The van der Waals surface area contributed by atoms with E-state index in [1.807, 2.05) is 30.0 Å². The number of alkyl carbamates (subject to hydrolysis) is 1. The van der Waals surface area contributed by atoms with Crippen LogP contribution in [0.15, 0.2) is 36.4 Å². The van der Waals surface area contributed by atoms with Crippen LogP contribution in [0, 0.1) is 12.7 Å². The van der Waals surface area contributed by atoms with E-state index in [1.165, 1.54) is 18.2 Å². The van der Waals surface area contributed by atoms with Crippen LogP contribution in [-0.4, -0.2) is 46.9 Å². The molecule has 1 aliphatic heterocycles. The third-order valence-corrected chi connectivity index (χ3v) is 5.13. The average Bonchev–Trinajstić information content (AvgIpc) is 3.15. The number of fused-ring (bicyclic) bond motifs is 1. The van der Waals surface area contributed by atoms with Crippen molar-refractivity contribution in [2.75, 3.05) is 24.6 Å². The second-order valence-corrected chi connectivity index (χ2v) is 7.32. The Labute approximate surface area is 185 Å². The van der Waals surface area contributed by atoms with Gasteiger partial charge in [-0.2, -0.15) is 0 Å². The molecule has 1 atom stereocenters. The molecule has 0 unspecified atom stereocenters. The lowest BCUT2D eigenvalue weighted by Crippen LogP contribution is -2.37. The van der Waals surface area contributed by atoms with Gasteiger partial charge in [-0.1, -0.05) is 12.1 Å². The molecule has 0 aliphatic carbocycles. The number of amides is 1. The van der Waals surface area contributed by atoms with Crippen molar-refractivity contribution in [3.05, 3.63) is 47.8 Å². The van der Waals surface area contributed by atoms with E-state index in [4.69, 9.17) is 4.74 Å². The van der Waals surface area contributed by atoms with Gasteiger partial charge in [0.2, 0.25) is 0 Å². The lowest BCUT2D eigenvalue weighted by molar-refractivity contribution is 0.149. The van der Waals surface area contributed by atoms with E-state index in [2.05, 4.69) is 15.3 Å². The number of hydrogen-bond donors (Lipinski definition) is 2. The topological polar surface area (TPSA) is 87.6 Å². The molecule has 9 heteroatoms. The molecule has 1 aliphatic rings. The Morgan fingerprint density at radius 3 is 2.87 bits per heavy atom. The van der Waals surface area contributed by atoms with Gasteiger partial charge in [-0.05, 0) is 50.1 Å². The van der Waals surface area contributed by atoms with Crippen molar-refractivity contribution in [1.29, 1.82) is 0 Å². The van der Waals surface area contributed by atoms with Gasteiger partial charge < -0.3 is 20.1 Å². The highest BCUT2D eigenvalue weighted by molar-refractivity contribution is 5.92. The van der Waals surface area contributed by atoms with Gasteiger partial charge in [0.15, 0.2) is 5.82 Å². The summed E-state index contributed by atoms with van der Waals surface area (Å²) in [6.07, 6.45) is 0.292. The van der Waals surface area contributed by atoms with Gasteiger partial charge in [0.05, 0.1) is 23.7 Å². The molecule has 0 radical (unpaired) electrons. The number of aryl methyl sites for hydroxylation is 1. The molecule has 3 aromatic rings. The first-order valence-electron chi connectivity index (χ1n) is 9.90. The molecule has 31 heavy (non-hydrogen) atoms. The maximum absolute atomic E-state index is 14.5. The molecular weight excluding hydrogens is 423 g/mol. The van der Waals surface area contributed by atoms with E-state index < -0.39 is 11.9 Å². The molecular formula is C22H24ClFN4O3. The summed E-state index contributed by atoms with van der Waals surface area (Å²) < 4.78 is 19.5. The maximum atomic E-state index is 14.5. The molecule has 0 saturated carbocycles. The fourth-order valence-electron chi connectivity index (χ4n) is 3.72. The van der Waals surface area contributed by atoms with Crippen LogP contribution in [0.1, 0.15) is 18.9 Å². The fraction of sp³-hybridized carbons (Fsp3) is 0.318. The monoisotopic (exact) mass is 446 g/mol. The molecule has 1 fully saturated rings. The molecule has 2 N–H and O–H groups in total. The van der Waals surface area contributed by atoms with Crippen LogP contribution in [0.4, 0.5) is 15.0 Å². The van der Waals surface area contributed by atoms with E-state index >= 15 is 0 Å². The molecule has 1 amide bonds. The van der Waals surface area contributed by atoms with Crippen molar-refractivity contribution in [3.63, 3.8) is 0 Å². The van der Waals surface area contributed by atoms with Gasteiger partial charge in [-0.3, -0.25) is 0 Å². The quantitative estimate of drug-likeness (QED) is 0.624. The van der Waals surface area contributed by atoms with Crippen LogP contribution < -0.4 is 10.2 Å². The van der Waals surface area contributed by atoms with E-state index in [0.717, 1.165) is 17.4 Å². The van der Waals surface area contributed by atoms with Crippen molar-refractivity contribution in [3.8, 4) is 17.1 Å². The SMILES string of the molecule is CCOC(=O)N[C@@H]1CCN(c2nc(-c3c(O)cccc3F)nc3cc(C)ccc23)C1.Cl. The third kappa shape index (κ3) is 4.64. The zero-order valence-corrected chi connectivity index (χ0v) is 18.1. The van der Waals surface area contributed by atoms with Crippen LogP contribution in [0.5, 0.6) is 5.75 Å². The Bertz CT molecular complexity index is 1090. The predicted octanol–water partition coefficient (Wildman–Crippen LogP) is 4.20. The normalized spacial score (nSPS) is 15.6. The highest BCUT2D eigenvalue weighted by Gasteiger charge is 2.28. The number of benzene rings is 2. The Balaban J connectivity index is 0.00000272. The van der Waals surface area contributed by atoms with Crippen molar-refractivity contribution in [2.24, 2.45) is 0 Å². The summed E-state index contributed by atoms with van der Waals surface area (Å²) in [7, 11) is 0. The molecule has 0 spiro atoms. The summed E-state index contributed by atoms with van der Waals surface area (Å²) in [6.45, 7) is 5.24. The number of nitrogens with one attached hydrogen (secondary N) is 1. The van der Waals surface area contributed by atoms with Crippen LogP contribution in [0.2, 0.25) is 0 Å². The number of aromatic nitrogens is 2. The average molecular weight is 447 g/mol. The van der Waals surface area contributed by atoms with E-state index in [1.54, 1.807) is 6.92 Å². The van der Waals surface area contributed by atoms with E-state index in [0.29, 0.717) is 31.0 Å². The molecule has 164 valence electrons. The summed E-state index contributed by atoms with van der Waals surface area (Å²) in [5.74, 6) is -0.0289. The van der Waals surface area contributed by atoms with Gasteiger partial charge in [-0.15, -0.1) is 12.4 Å². The van der Waals surface area contributed by atoms with Crippen molar-refractivity contribution < 1.29 is 19.0 Å². The Hall–Kier alpha value is -3.13. The number of carbonyl (C=O) groups is 1. The van der Waals surface area contributed by atoms with Gasteiger partial charge in [0.25, 0.3) is 0 Å². The molecule has 1 aromatic heterocycles. The number of halogens is 2. The van der Waals surface area contributed by atoms with Crippen LogP contribution in [0.25, 0.3) is 22.3 Å². The Morgan fingerprint density at radius 2 is 2.13 bits per heavy atom. The van der Waals surface area contributed by atoms with Gasteiger partial charge in [-0.25, -0.2) is 19.2 Å². The Morgan fingerprint density at radius 1 is 1.32 bits per heavy atom. The third-order valence-electron chi connectivity index (χ3n) is 5.13. The van der Waals surface area contributed by atoms with Crippen LogP contribution in [0.3, 0.4) is 0 Å². The minimum absolute atomic E-state index is 0. The second-order valence-electron chi connectivity index (χ2n) is 7.32. The van der Waals surface area contributed by atoms with Gasteiger partial charge in [0.1, 0.15) is 17.4 Å². The maximum Gasteiger partial charge on any atom is 0.407 e. The number of rotatable bonds is 4. The molecule has 7 nitrogen and oxygen atoms in total. The molecule has 1 saturated heterocycles. The lowest BCUT2D eigenvalue weighted by atomic mass is 10.1. The van der Waals surface area contributed by atoms with Crippen LogP contribution >= 0.6 is 12.4 Å². The number of phenols is 1. The smallest absolute Gasteiger partial charge is 0.407 e. The summed E-state index contributed by atoms with van der Waals surface area (Å²) >= 11 is 0. The first-order valence-corrected chi connectivity index (χ1v) is 9.90. The number of phenolic OH excluding ortho intramolecular Hbond substituents is 1. The molecule has 2 aromatic carbocycles. The van der Waals surface area contributed by atoms with Crippen LogP contribution in [-0.2, 0) is 4.74 Å². The number of anilines is 1. The van der Waals surface area contributed by atoms with Gasteiger partial charge >= 0.3 is 6.09 Å². The highest BCUT2D eigenvalue weighted by atomic mass is 35.5. The lowest BCUT2D eigenvalue weighted by Gasteiger charge is -2.21. The van der Waals surface area contributed by atoms with Crippen molar-refractivity contribution >= 4 is 35.2 Å². The minimum Gasteiger partial charge on any atom is -0.507 e. The minimum atomic E-state index is -0.587. The molecule has 0 bridgehead atoms. The summed E-state index contributed by atoms with van der Waals surface area (Å²) in [4.78, 5) is 22.9. The summed E-state index contributed by atoms with van der Waals surface area (Å²) in [6, 6.07) is 9.87. The molecule has 4 rings (SSSR count).